The van der Waals surface area contributed by atoms with E-state index in [1.54, 1.807) is 0 Å². The molecule has 1 aromatic carbocycles. The summed E-state index contributed by atoms with van der Waals surface area (Å²) in [6, 6.07) is 7.45. The Kier molecular flexibility index (Phi) is 6.83. The first-order valence-electron chi connectivity index (χ1n) is 11.6. The van der Waals surface area contributed by atoms with E-state index in [0.29, 0.717) is 31.0 Å². The molecule has 1 fully saturated rings. The van der Waals surface area contributed by atoms with Crippen molar-refractivity contribution < 1.29 is 14.1 Å². The van der Waals surface area contributed by atoms with Gasteiger partial charge in [-0.1, -0.05) is 17.3 Å². The second kappa shape index (κ2) is 9.79. The summed E-state index contributed by atoms with van der Waals surface area (Å²) in [6.07, 6.45) is 0. The van der Waals surface area contributed by atoms with E-state index < -0.39 is 0 Å². The van der Waals surface area contributed by atoms with Crippen LogP contribution in [0.3, 0.4) is 0 Å². The lowest BCUT2D eigenvalue weighted by Gasteiger charge is -2.35. The van der Waals surface area contributed by atoms with Crippen LogP contribution >= 0.6 is 0 Å². The van der Waals surface area contributed by atoms with Gasteiger partial charge in [-0.15, -0.1) is 0 Å². The van der Waals surface area contributed by atoms with Gasteiger partial charge in [-0.3, -0.25) is 14.4 Å². The van der Waals surface area contributed by atoms with Crippen LogP contribution in [0.4, 0.5) is 0 Å². The number of aromatic nitrogens is 3. The number of para-hydroxylation sites is 1. The molecular weight excluding hydrogens is 418 g/mol. The first-order valence-corrected chi connectivity index (χ1v) is 11.6. The molecule has 0 N–H and O–H groups in total. The summed E-state index contributed by atoms with van der Waals surface area (Å²) in [7, 11) is 0. The third-order valence-electron chi connectivity index (χ3n) is 6.54. The zero-order chi connectivity index (χ0) is 23.5. The minimum Gasteiger partial charge on any atom is -0.488 e. The Morgan fingerprint density at radius 2 is 1.76 bits per heavy atom. The molecule has 1 saturated heterocycles. The standard InChI is InChI=1S/C25H33N5O3/c1-6-30-19(4)22(17(2)26-30)15-28-11-13-29(14-12-28)25(31)21-9-7-8-10-24(21)32-16-23-18(3)27-33-20(23)5/h7-10H,6,11-16H2,1-5H3. The molecule has 3 heterocycles. The summed E-state index contributed by atoms with van der Waals surface area (Å²) in [4.78, 5) is 17.6. The largest absolute Gasteiger partial charge is 0.488 e. The monoisotopic (exact) mass is 451 g/mol. The molecule has 4 rings (SSSR count). The van der Waals surface area contributed by atoms with E-state index in [2.05, 4.69) is 40.6 Å². The van der Waals surface area contributed by atoms with Gasteiger partial charge in [-0.2, -0.15) is 5.10 Å². The molecule has 8 heteroatoms. The fraction of sp³-hybridized carbons (Fsp3) is 0.480. The molecule has 0 spiro atoms. The van der Waals surface area contributed by atoms with E-state index in [-0.39, 0.29) is 5.91 Å². The highest BCUT2D eigenvalue weighted by atomic mass is 16.5. The number of benzene rings is 1. The lowest BCUT2D eigenvalue weighted by atomic mass is 10.1. The predicted molar refractivity (Wildman–Crippen MR) is 125 cm³/mol. The molecule has 0 bridgehead atoms. The number of amides is 1. The number of piperazine rings is 1. The van der Waals surface area contributed by atoms with Gasteiger partial charge in [0.1, 0.15) is 18.1 Å². The molecule has 33 heavy (non-hydrogen) atoms. The lowest BCUT2D eigenvalue weighted by Crippen LogP contribution is -2.48. The first-order chi connectivity index (χ1) is 15.9. The van der Waals surface area contributed by atoms with Crippen LogP contribution in [0.25, 0.3) is 0 Å². The summed E-state index contributed by atoms with van der Waals surface area (Å²) < 4.78 is 13.3. The summed E-state index contributed by atoms with van der Waals surface area (Å²) in [5, 5.41) is 8.61. The normalized spacial score (nSPS) is 14.6. The number of carbonyl (C=O) groups is 1. The van der Waals surface area contributed by atoms with Gasteiger partial charge >= 0.3 is 0 Å². The number of ether oxygens (including phenoxy) is 1. The minimum absolute atomic E-state index is 0.00942. The average Bonchev–Trinajstić information content (AvgIpc) is 3.29. The van der Waals surface area contributed by atoms with Gasteiger partial charge in [-0.05, 0) is 46.8 Å². The molecule has 0 aliphatic carbocycles. The van der Waals surface area contributed by atoms with Crippen molar-refractivity contribution in [2.45, 2.75) is 54.3 Å². The predicted octanol–water partition coefficient (Wildman–Crippen LogP) is 3.66. The van der Waals surface area contributed by atoms with Crippen LogP contribution in [0.2, 0.25) is 0 Å². The van der Waals surface area contributed by atoms with Crippen molar-refractivity contribution in [2.75, 3.05) is 26.2 Å². The van der Waals surface area contributed by atoms with Crippen molar-refractivity contribution >= 4 is 5.91 Å². The third kappa shape index (κ3) is 4.80. The molecule has 3 aromatic rings. The molecular formula is C25H33N5O3. The van der Waals surface area contributed by atoms with Crippen molar-refractivity contribution in [1.82, 2.24) is 24.7 Å². The second-order valence-electron chi connectivity index (χ2n) is 8.62. The van der Waals surface area contributed by atoms with E-state index in [1.807, 2.05) is 43.0 Å². The maximum atomic E-state index is 13.3. The Hall–Kier alpha value is -3.13. The Balaban J connectivity index is 1.39. The highest BCUT2D eigenvalue weighted by Gasteiger charge is 2.25. The third-order valence-corrected chi connectivity index (χ3v) is 6.54. The maximum Gasteiger partial charge on any atom is 0.257 e. The van der Waals surface area contributed by atoms with Crippen LogP contribution in [-0.4, -0.2) is 56.8 Å². The van der Waals surface area contributed by atoms with Crippen LogP contribution < -0.4 is 4.74 Å². The van der Waals surface area contributed by atoms with Gasteiger partial charge in [0.2, 0.25) is 0 Å². The SMILES string of the molecule is CCn1nc(C)c(CN2CCN(C(=O)c3ccccc3OCc3c(C)noc3C)CC2)c1C. The van der Waals surface area contributed by atoms with Crippen molar-refractivity contribution in [2.24, 2.45) is 0 Å². The van der Waals surface area contributed by atoms with Crippen LogP contribution in [0, 0.1) is 27.7 Å². The summed E-state index contributed by atoms with van der Waals surface area (Å²) in [5.41, 5.74) is 5.95. The van der Waals surface area contributed by atoms with Crippen LogP contribution in [0.5, 0.6) is 5.75 Å². The van der Waals surface area contributed by atoms with E-state index in [0.717, 1.165) is 48.9 Å². The summed E-state index contributed by atoms with van der Waals surface area (Å²) in [5.74, 6) is 1.33. The molecule has 0 radical (unpaired) electrons. The summed E-state index contributed by atoms with van der Waals surface area (Å²) in [6.45, 7) is 15.2. The van der Waals surface area contributed by atoms with Gasteiger partial charge in [0.15, 0.2) is 0 Å². The molecule has 1 aliphatic rings. The molecule has 176 valence electrons. The molecule has 0 atom stereocenters. The number of aryl methyl sites for hydroxylation is 4. The van der Waals surface area contributed by atoms with E-state index in [4.69, 9.17) is 9.26 Å². The Morgan fingerprint density at radius 1 is 1.03 bits per heavy atom. The average molecular weight is 452 g/mol. The van der Waals surface area contributed by atoms with Crippen LogP contribution in [0.1, 0.15) is 51.3 Å². The van der Waals surface area contributed by atoms with Crippen molar-refractivity contribution in [3.63, 3.8) is 0 Å². The Labute approximate surface area is 195 Å². The highest BCUT2D eigenvalue weighted by molar-refractivity contribution is 5.97. The number of hydrogen-bond acceptors (Lipinski definition) is 6. The molecule has 8 nitrogen and oxygen atoms in total. The topological polar surface area (TPSA) is 76.6 Å². The highest BCUT2D eigenvalue weighted by Crippen LogP contribution is 2.24. The zero-order valence-corrected chi connectivity index (χ0v) is 20.2. The Bertz CT molecular complexity index is 1110. The lowest BCUT2D eigenvalue weighted by molar-refractivity contribution is 0.0623. The van der Waals surface area contributed by atoms with Gasteiger partial charge in [0, 0.05) is 50.5 Å². The number of carbonyl (C=O) groups excluding carboxylic acids is 1. The zero-order valence-electron chi connectivity index (χ0n) is 20.2. The molecule has 0 unspecified atom stereocenters. The molecule has 1 aliphatic heterocycles. The molecule has 0 saturated carbocycles. The number of rotatable bonds is 7. The van der Waals surface area contributed by atoms with Gasteiger partial charge in [0.05, 0.1) is 22.5 Å². The number of nitrogens with zero attached hydrogens (tertiary/aromatic N) is 5. The summed E-state index contributed by atoms with van der Waals surface area (Å²) >= 11 is 0. The Morgan fingerprint density at radius 3 is 2.39 bits per heavy atom. The van der Waals surface area contributed by atoms with Crippen molar-refractivity contribution in [1.29, 1.82) is 0 Å². The quantitative estimate of drug-likeness (QED) is 0.546. The van der Waals surface area contributed by atoms with Gasteiger partial charge < -0.3 is 14.2 Å². The van der Waals surface area contributed by atoms with Gasteiger partial charge in [0.25, 0.3) is 5.91 Å². The van der Waals surface area contributed by atoms with E-state index in [9.17, 15) is 4.79 Å². The minimum atomic E-state index is 0.00942. The first kappa shape index (κ1) is 23.0. The van der Waals surface area contributed by atoms with Crippen LogP contribution in [-0.2, 0) is 19.7 Å². The fourth-order valence-electron chi connectivity index (χ4n) is 4.40. The second-order valence-corrected chi connectivity index (χ2v) is 8.62. The molecule has 2 aromatic heterocycles. The smallest absolute Gasteiger partial charge is 0.257 e. The number of hydrogen-bond donors (Lipinski definition) is 0. The van der Waals surface area contributed by atoms with Crippen molar-refractivity contribution in [3.8, 4) is 5.75 Å². The maximum absolute atomic E-state index is 13.3. The van der Waals surface area contributed by atoms with Gasteiger partial charge in [-0.25, -0.2) is 0 Å². The van der Waals surface area contributed by atoms with Crippen molar-refractivity contribution in [3.05, 3.63) is 63.8 Å². The molecule has 1 amide bonds. The van der Waals surface area contributed by atoms with E-state index >= 15 is 0 Å². The van der Waals surface area contributed by atoms with E-state index in [1.165, 1.54) is 11.3 Å². The fourth-order valence-corrected chi connectivity index (χ4v) is 4.40. The van der Waals surface area contributed by atoms with Crippen LogP contribution in [0.15, 0.2) is 28.8 Å².